The number of carbonyl (C=O) groups is 1. The van der Waals surface area contributed by atoms with Gasteiger partial charge in [0.2, 0.25) is 0 Å². The maximum absolute atomic E-state index is 12.7. The molecule has 0 aliphatic carbocycles. The Hall–Kier alpha value is -2.31. The molecule has 0 saturated carbocycles. The van der Waals surface area contributed by atoms with Crippen molar-refractivity contribution in [1.82, 2.24) is 4.98 Å². The number of methoxy groups -OCH3 is 2. The number of ether oxygens (including phenoxy) is 2. The molecule has 0 radical (unpaired) electrons. The van der Waals surface area contributed by atoms with E-state index < -0.39 is 0 Å². The number of benzene rings is 2. The van der Waals surface area contributed by atoms with Gasteiger partial charge in [-0.15, -0.1) is 0 Å². The van der Waals surface area contributed by atoms with Crippen LogP contribution in [0.2, 0.25) is 5.02 Å². The van der Waals surface area contributed by atoms with Crippen molar-refractivity contribution in [2.75, 3.05) is 19.5 Å². The summed E-state index contributed by atoms with van der Waals surface area (Å²) in [6.45, 7) is 1.95. The molecule has 1 amide bonds. The molecule has 0 spiro atoms. The standard InChI is InChI=1S/C17H15ClN2O3S/c1-9-7-8-10(18)15-14(9)19-17(24-15)20-16(21)13-11(22-2)5-4-6-12(13)23-3/h4-8H,1-3H3,(H,19,20,21). The molecule has 0 unspecified atom stereocenters. The van der Waals surface area contributed by atoms with Gasteiger partial charge in [0.15, 0.2) is 5.13 Å². The number of fused-ring (bicyclic) bond motifs is 1. The van der Waals surface area contributed by atoms with Gasteiger partial charge in [0.25, 0.3) is 5.91 Å². The lowest BCUT2D eigenvalue weighted by atomic mass is 10.1. The Morgan fingerprint density at radius 1 is 1.17 bits per heavy atom. The summed E-state index contributed by atoms with van der Waals surface area (Å²) in [4.78, 5) is 17.2. The fourth-order valence-electron chi connectivity index (χ4n) is 2.39. The van der Waals surface area contributed by atoms with E-state index in [-0.39, 0.29) is 5.91 Å². The van der Waals surface area contributed by atoms with Crippen molar-refractivity contribution in [3.63, 3.8) is 0 Å². The van der Waals surface area contributed by atoms with Crippen molar-refractivity contribution >= 4 is 44.2 Å². The summed E-state index contributed by atoms with van der Waals surface area (Å²) in [6, 6.07) is 8.90. The highest BCUT2D eigenvalue weighted by molar-refractivity contribution is 7.23. The molecule has 3 rings (SSSR count). The van der Waals surface area contributed by atoms with Gasteiger partial charge in [0.05, 0.1) is 29.5 Å². The number of hydrogen-bond acceptors (Lipinski definition) is 5. The van der Waals surface area contributed by atoms with Crippen LogP contribution < -0.4 is 14.8 Å². The smallest absolute Gasteiger partial charge is 0.265 e. The number of nitrogens with one attached hydrogen (secondary N) is 1. The number of nitrogens with zero attached hydrogens (tertiary/aromatic N) is 1. The molecule has 124 valence electrons. The number of rotatable bonds is 4. The highest BCUT2D eigenvalue weighted by Gasteiger charge is 2.20. The largest absolute Gasteiger partial charge is 0.496 e. The fraction of sp³-hybridized carbons (Fsp3) is 0.176. The van der Waals surface area contributed by atoms with Crippen molar-refractivity contribution in [3.8, 4) is 11.5 Å². The first-order valence-electron chi connectivity index (χ1n) is 7.13. The monoisotopic (exact) mass is 362 g/mol. The van der Waals surface area contributed by atoms with Gasteiger partial charge in [-0.25, -0.2) is 4.98 Å². The lowest BCUT2D eigenvalue weighted by Gasteiger charge is -2.11. The summed E-state index contributed by atoms with van der Waals surface area (Å²) in [5, 5.41) is 3.89. The average Bonchev–Trinajstić information content (AvgIpc) is 3.02. The summed E-state index contributed by atoms with van der Waals surface area (Å²) in [7, 11) is 3.01. The first-order valence-corrected chi connectivity index (χ1v) is 8.32. The normalized spacial score (nSPS) is 10.7. The van der Waals surface area contributed by atoms with Crippen molar-refractivity contribution < 1.29 is 14.3 Å². The van der Waals surface area contributed by atoms with E-state index in [1.807, 2.05) is 19.1 Å². The highest BCUT2D eigenvalue weighted by atomic mass is 35.5. The van der Waals surface area contributed by atoms with E-state index in [0.717, 1.165) is 15.8 Å². The Balaban J connectivity index is 1.99. The zero-order valence-corrected chi connectivity index (χ0v) is 14.9. The predicted molar refractivity (Wildman–Crippen MR) is 96.9 cm³/mol. The van der Waals surface area contributed by atoms with E-state index in [1.165, 1.54) is 25.6 Å². The van der Waals surface area contributed by atoms with E-state index in [9.17, 15) is 4.79 Å². The minimum atomic E-state index is -0.350. The van der Waals surface area contributed by atoms with Crippen LogP contribution >= 0.6 is 22.9 Å². The van der Waals surface area contributed by atoms with Gasteiger partial charge < -0.3 is 9.47 Å². The Bertz CT molecular complexity index is 862. The molecule has 2 aromatic carbocycles. The van der Waals surface area contributed by atoms with Crippen LogP contribution in [0.3, 0.4) is 0 Å². The molecule has 3 aromatic rings. The van der Waals surface area contributed by atoms with E-state index in [1.54, 1.807) is 18.2 Å². The van der Waals surface area contributed by atoms with Crippen LogP contribution in [-0.4, -0.2) is 25.1 Å². The minimum Gasteiger partial charge on any atom is -0.496 e. The van der Waals surface area contributed by atoms with Crippen LogP contribution in [0, 0.1) is 6.92 Å². The van der Waals surface area contributed by atoms with Crippen molar-refractivity contribution in [1.29, 1.82) is 0 Å². The Morgan fingerprint density at radius 3 is 2.42 bits per heavy atom. The molecule has 0 fully saturated rings. The van der Waals surface area contributed by atoms with Gasteiger partial charge in [-0.3, -0.25) is 10.1 Å². The van der Waals surface area contributed by atoms with E-state index in [4.69, 9.17) is 21.1 Å². The third-order valence-corrected chi connectivity index (χ3v) is 5.00. The van der Waals surface area contributed by atoms with Crippen molar-refractivity contribution in [3.05, 3.63) is 46.5 Å². The van der Waals surface area contributed by atoms with Crippen LogP contribution in [0.25, 0.3) is 10.2 Å². The van der Waals surface area contributed by atoms with Crippen molar-refractivity contribution in [2.45, 2.75) is 6.92 Å². The number of anilines is 1. The zero-order chi connectivity index (χ0) is 17.3. The number of hydrogen-bond donors (Lipinski definition) is 1. The summed E-state index contributed by atoms with van der Waals surface area (Å²) < 4.78 is 11.4. The lowest BCUT2D eigenvalue weighted by Crippen LogP contribution is -2.14. The SMILES string of the molecule is COc1cccc(OC)c1C(=O)Nc1nc2c(C)ccc(Cl)c2s1. The molecule has 0 aliphatic heterocycles. The van der Waals surface area contributed by atoms with Gasteiger partial charge in [-0.05, 0) is 30.7 Å². The highest BCUT2D eigenvalue weighted by Crippen LogP contribution is 2.35. The van der Waals surface area contributed by atoms with Crippen LogP contribution in [-0.2, 0) is 0 Å². The Kier molecular flexibility index (Phi) is 4.59. The molecular formula is C17H15ClN2O3S. The first kappa shape index (κ1) is 16.5. The number of aryl methyl sites for hydroxylation is 1. The van der Waals surface area contributed by atoms with E-state index in [0.29, 0.717) is 27.2 Å². The molecule has 7 heteroatoms. The number of carbonyl (C=O) groups excluding carboxylic acids is 1. The summed E-state index contributed by atoms with van der Waals surface area (Å²) in [5.74, 6) is 0.515. The number of halogens is 1. The summed E-state index contributed by atoms with van der Waals surface area (Å²) in [6.07, 6.45) is 0. The summed E-state index contributed by atoms with van der Waals surface area (Å²) >= 11 is 7.54. The maximum atomic E-state index is 12.7. The predicted octanol–water partition coefficient (Wildman–Crippen LogP) is 4.53. The number of thiazole rings is 1. The molecule has 1 heterocycles. The molecule has 0 saturated heterocycles. The summed E-state index contributed by atoms with van der Waals surface area (Å²) in [5.41, 5.74) is 2.11. The Labute approximate surface area is 148 Å². The van der Waals surface area contributed by atoms with Crippen LogP contribution in [0.4, 0.5) is 5.13 Å². The van der Waals surface area contributed by atoms with Crippen molar-refractivity contribution in [2.24, 2.45) is 0 Å². The lowest BCUT2D eigenvalue weighted by molar-refractivity contribution is 0.102. The van der Waals surface area contributed by atoms with Gasteiger partial charge >= 0.3 is 0 Å². The minimum absolute atomic E-state index is 0.324. The second kappa shape index (κ2) is 6.67. The molecule has 0 aliphatic rings. The quantitative estimate of drug-likeness (QED) is 0.740. The van der Waals surface area contributed by atoms with Gasteiger partial charge in [0, 0.05) is 0 Å². The van der Waals surface area contributed by atoms with E-state index in [2.05, 4.69) is 10.3 Å². The van der Waals surface area contributed by atoms with Gasteiger partial charge in [-0.2, -0.15) is 0 Å². The zero-order valence-electron chi connectivity index (χ0n) is 13.3. The maximum Gasteiger partial charge on any atom is 0.265 e. The van der Waals surface area contributed by atoms with Crippen LogP contribution in [0.15, 0.2) is 30.3 Å². The molecule has 5 nitrogen and oxygen atoms in total. The molecular weight excluding hydrogens is 348 g/mol. The second-order valence-electron chi connectivity index (χ2n) is 5.05. The molecule has 0 atom stereocenters. The number of aromatic nitrogens is 1. The van der Waals surface area contributed by atoms with Gasteiger partial charge in [-0.1, -0.05) is 35.1 Å². The van der Waals surface area contributed by atoms with Gasteiger partial charge in [0.1, 0.15) is 17.1 Å². The third-order valence-electron chi connectivity index (χ3n) is 3.57. The number of amides is 1. The average molecular weight is 363 g/mol. The third kappa shape index (κ3) is 2.90. The fourth-order valence-corrected chi connectivity index (χ4v) is 3.60. The second-order valence-corrected chi connectivity index (χ2v) is 6.46. The molecule has 1 N–H and O–H groups in total. The Morgan fingerprint density at radius 2 is 1.83 bits per heavy atom. The van der Waals surface area contributed by atoms with Crippen LogP contribution in [0.1, 0.15) is 15.9 Å². The topological polar surface area (TPSA) is 60.5 Å². The molecule has 1 aromatic heterocycles. The molecule has 24 heavy (non-hydrogen) atoms. The van der Waals surface area contributed by atoms with E-state index >= 15 is 0 Å². The van der Waals surface area contributed by atoms with Crippen LogP contribution in [0.5, 0.6) is 11.5 Å². The first-order chi connectivity index (χ1) is 11.5. The molecule has 0 bridgehead atoms.